The first-order valence-electron chi connectivity index (χ1n) is 2.38. The highest BCUT2D eigenvalue weighted by Gasteiger charge is 1.85. The van der Waals surface area contributed by atoms with Gasteiger partial charge in [0.15, 0.2) is 0 Å². The van der Waals surface area contributed by atoms with Crippen molar-refractivity contribution in [3.63, 3.8) is 0 Å². The minimum absolute atomic E-state index is 0.883. The zero-order valence-electron chi connectivity index (χ0n) is 4.41. The van der Waals surface area contributed by atoms with E-state index < -0.39 is 0 Å². The zero-order chi connectivity index (χ0) is 5.82. The normalized spacial score (nSPS) is 8.62. The van der Waals surface area contributed by atoms with Crippen molar-refractivity contribution < 1.29 is 0 Å². The first kappa shape index (κ1) is 5.71. The van der Waals surface area contributed by atoms with Crippen LogP contribution < -0.4 is 5.59 Å². The van der Waals surface area contributed by atoms with Crippen LogP contribution in [0.15, 0.2) is 18.6 Å². The van der Waals surface area contributed by atoms with E-state index in [1.54, 1.807) is 18.6 Å². The molecule has 0 aliphatic heterocycles. The number of hydrogen-bond donors (Lipinski definition) is 0. The van der Waals surface area contributed by atoms with Crippen molar-refractivity contribution in [1.29, 1.82) is 0 Å². The molecule has 0 saturated carbocycles. The van der Waals surface area contributed by atoms with Crippen LogP contribution in [0.25, 0.3) is 0 Å². The minimum Gasteiger partial charge on any atom is -0.268 e. The average Bonchev–Trinajstić information content (AvgIpc) is 1.90. The Balaban J connectivity index is 2.83. The fourth-order valence-electron chi connectivity index (χ4n) is 0.435. The van der Waals surface area contributed by atoms with Crippen molar-refractivity contribution in [2.24, 2.45) is 0 Å². The van der Waals surface area contributed by atoms with Gasteiger partial charge in [0.1, 0.15) is 0 Å². The summed E-state index contributed by atoms with van der Waals surface area (Å²) in [6, 6.07) is 0. The van der Waals surface area contributed by atoms with E-state index in [9.17, 15) is 0 Å². The van der Waals surface area contributed by atoms with Crippen molar-refractivity contribution in [2.75, 3.05) is 0 Å². The molecule has 1 aromatic rings. The lowest BCUT2D eigenvalue weighted by atomic mass is 10.0. The fraction of sp³-hybridized carbons (Fsp3) is 0. The molecule has 1 aromatic heterocycles. The summed E-state index contributed by atoms with van der Waals surface area (Å²) >= 11 is 0. The summed E-state index contributed by atoms with van der Waals surface area (Å²) in [5.41, 5.74) is 1.01. The lowest BCUT2D eigenvalue weighted by Crippen LogP contribution is -2.12. The van der Waals surface area contributed by atoms with Gasteiger partial charge in [-0.15, -0.1) is 0 Å². The highest BCUT2D eigenvalue weighted by molar-refractivity contribution is 7.58. The van der Waals surface area contributed by atoms with Gasteiger partial charge in [-0.2, -0.15) is 9.12 Å². The van der Waals surface area contributed by atoms with Gasteiger partial charge in [-0.1, -0.05) is 0 Å². The molecule has 0 aliphatic carbocycles. The van der Waals surface area contributed by atoms with Gasteiger partial charge in [0, 0.05) is 24.2 Å². The molecule has 1 heterocycles. The molecule has 40 valence electrons. The second kappa shape index (κ2) is 2.78. The van der Waals surface area contributed by atoms with Crippen LogP contribution in [0.1, 0.15) is 0 Å². The zero-order valence-corrected chi connectivity index (χ0v) is 5.57. The third kappa shape index (κ3) is 1.27. The molecule has 4 heteroatoms. The molecule has 8 heavy (non-hydrogen) atoms. The van der Waals surface area contributed by atoms with Crippen LogP contribution in [0, 0.1) is 0 Å². The molecule has 0 fully saturated rings. The van der Waals surface area contributed by atoms with Crippen LogP contribution in [0.4, 0.5) is 0 Å². The van der Waals surface area contributed by atoms with Gasteiger partial charge in [0.2, 0.25) is 7.00 Å². The molecular formula is C4H6BN2P. The number of nitrogens with zero attached hydrogens (tertiary/aromatic N) is 2. The summed E-state index contributed by atoms with van der Waals surface area (Å²) in [7, 11) is 2.59. The summed E-state index contributed by atoms with van der Waals surface area (Å²) in [5.74, 6) is 0. The molecule has 0 aliphatic rings. The van der Waals surface area contributed by atoms with Gasteiger partial charge in [0.05, 0.1) is 0 Å². The van der Waals surface area contributed by atoms with Gasteiger partial charge >= 0.3 is 0 Å². The monoisotopic (exact) mass is 124 g/mol. The first-order chi connectivity index (χ1) is 3.93. The number of aromatic nitrogens is 2. The molecule has 0 saturated heterocycles. The molecular weight excluding hydrogens is 118 g/mol. The Bertz CT molecular complexity index is 155. The third-order valence-corrected chi connectivity index (χ3v) is 1.24. The number of rotatable bonds is 1. The standard InChI is InChI=1S/C4H6BN2P/c8-5-4-3-6-1-2-7-4/h1-3,5H,8H2. The molecule has 0 bridgehead atoms. The summed E-state index contributed by atoms with van der Waals surface area (Å²) in [5, 5.41) is 0. The summed E-state index contributed by atoms with van der Waals surface area (Å²) in [4.78, 5) is 7.89. The molecule has 1 unspecified atom stereocenters. The van der Waals surface area contributed by atoms with Crippen LogP contribution in [0.3, 0.4) is 0 Å². The van der Waals surface area contributed by atoms with Crippen LogP contribution in [-0.2, 0) is 0 Å². The van der Waals surface area contributed by atoms with Crippen LogP contribution in [0.2, 0.25) is 0 Å². The largest absolute Gasteiger partial charge is 0.268 e. The van der Waals surface area contributed by atoms with Crippen LogP contribution >= 0.6 is 9.12 Å². The van der Waals surface area contributed by atoms with Gasteiger partial charge in [-0.25, -0.2) is 0 Å². The van der Waals surface area contributed by atoms with Crippen molar-refractivity contribution in [3.05, 3.63) is 18.6 Å². The lowest BCUT2D eigenvalue weighted by molar-refractivity contribution is 1.24. The van der Waals surface area contributed by atoms with E-state index in [0.29, 0.717) is 0 Å². The Morgan fingerprint density at radius 2 is 2.38 bits per heavy atom. The Labute approximate surface area is 51.1 Å². The van der Waals surface area contributed by atoms with Gasteiger partial charge in [0.25, 0.3) is 0 Å². The first-order valence-corrected chi connectivity index (χ1v) is 3.20. The maximum atomic E-state index is 4.01. The predicted octanol–water partition coefficient (Wildman–Crippen LogP) is -0.672. The number of hydrogen-bond acceptors (Lipinski definition) is 2. The van der Waals surface area contributed by atoms with Gasteiger partial charge in [-0.3, -0.25) is 9.97 Å². The third-order valence-electron chi connectivity index (χ3n) is 0.826. The average molecular weight is 124 g/mol. The molecule has 1 atom stereocenters. The van der Waals surface area contributed by atoms with E-state index in [4.69, 9.17) is 0 Å². The summed E-state index contributed by atoms with van der Waals surface area (Å²) < 4.78 is 0. The molecule has 1 rings (SSSR count). The van der Waals surface area contributed by atoms with Crippen molar-refractivity contribution in [3.8, 4) is 0 Å². The van der Waals surface area contributed by atoms with E-state index in [2.05, 4.69) is 19.1 Å². The molecule has 0 spiro atoms. The Morgan fingerprint density at radius 3 is 2.75 bits per heavy atom. The molecule has 0 aromatic carbocycles. The topological polar surface area (TPSA) is 25.8 Å². The second-order valence-electron chi connectivity index (χ2n) is 1.40. The van der Waals surface area contributed by atoms with Crippen LogP contribution in [-0.4, -0.2) is 17.0 Å². The molecule has 2 nitrogen and oxygen atoms in total. The van der Waals surface area contributed by atoms with E-state index in [0.717, 1.165) is 12.6 Å². The van der Waals surface area contributed by atoms with E-state index in [1.165, 1.54) is 0 Å². The summed E-state index contributed by atoms with van der Waals surface area (Å²) in [6.45, 7) is 0.883. The Morgan fingerprint density at radius 1 is 1.50 bits per heavy atom. The van der Waals surface area contributed by atoms with E-state index >= 15 is 0 Å². The quantitative estimate of drug-likeness (QED) is 0.366. The van der Waals surface area contributed by atoms with Gasteiger partial charge in [-0.05, 0) is 0 Å². The van der Waals surface area contributed by atoms with Crippen LogP contribution in [0.5, 0.6) is 0 Å². The maximum absolute atomic E-state index is 4.01. The van der Waals surface area contributed by atoms with E-state index in [-0.39, 0.29) is 0 Å². The highest BCUT2D eigenvalue weighted by atomic mass is 31.0. The van der Waals surface area contributed by atoms with Crippen molar-refractivity contribution >= 4 is 21.7 Å². The summed E-state index contributed by atoms with van der Waals surface area (Å²) in [6.07, 6.45) is 5.12. The van der Waals surface area contributed by atoms with E-state index in [1.807, 2.05) is 0 Å². The SMILES string of the molecule is PBc1cnccn1. The second-order valence-corrected chi connectivity index (χ2v) is 1.81. The molecule has 0 amide bonds. The lowest BCUT2D eigenvalue weighted by Gasteiger charge is -1.86. The Hall–Kier alpha value is -0.425. The minimum atomic E-state index is 0.883. The fourth-order valence-corrected chi connectivity index (χ4v) is 0.646. The molecule has 0 N–H and O–H groups in total. The van der Waals surface area contributed by atoms with Gasteiger partial charge < -0.3 is 0 Å². The Kier molecular flexibility index (Phi) is 1.98. The van der Waals surface area contributed by atoms with Crippen molar-refractivity contribution in [1.82, 2.24) is 9.97 Å². The predicted molar refractivity (Wildman–Crippen MR) is 38.5 cm³/mol. The highest BCUT2D eigenvalue weighted by Crippen LogP contribution is 1.73. The molecule has 0 radical (unpaired) electrons. The smallest absolute Gasteiger partial charge is 0.206 e. The van der Waals surface area contributed by atoms with Crippen molar-refractivity contribution in [2.45, 2.75) is 0 Å². The maximum Gasteiger partial charge on any atom is 0.206 e.